The van der Waals surface area contributed by atoms with Crippen LogP contribution in [0.25, 0.3) is 0 Å². The fraction of sp³-hybridized carbons (Fsp3) is 0.941. The predicted molar refractivity (Wildman–Crippen MR) is 83.8 cm³/mol. The summed E-state index contributed by atoms with van der Waals surface area (Å²) < 4.78 is 0. The SMILES string of the molecule is CC(C)C(=O)CN1CCC(CC2CCN(C)CC2)CC1. The molecule has 0 bridgehead atoms. The molecule has 2 heterocycles. The summed E-state index contributed by atoms with van der Waals surface area (Å²) in [6.07, 6.45) is 6.82. The van der Waals surface area contributed by atoms with Crippen LogP contribution in [0.4, 0.5) is 0 Å². The van der Waals surface area contributed by atoms with Crippen molar-refractivity contribution in [2.75, 3.05) is 39.8 Å². The molecule has 3 nitrogen and oxygen atoms in total. The van der Waals surface area contributed by atoms with Crippen LogP contribution in [0.2, 0.25) is 0 Å². The van der Waals surface area contributed by atoms with Crippen LogP contribution >= 0.6 is 0 Å². The van der Waals surface area contributed by atoms with Crippen molar-refractivity contribution >= 4 is 5.78 Å². The average Bonchev–Trinajstić information content (AvgIpc) is 2.43. The maximum Gasteiger partial charge on any atom is 0.149 e. The van der Waals surface area contributed by atoms with E-state index in [1.807, 2.05) is 13.8 Å². The number of likely N-dealkylation sites (tertiary alicyclic amines) is 2. The van der Waals surface area contributed by atoms with Gasteiger partial charge >= 0.3 is 0 Å². The van der Waals surface area contributed by atoms with Gasteiger partial charge < -0.3 is 4.90 Å². The molecule has 0 aromatic carbocycles. The molecule has 0 amide bonds. The van der Waals surface area contributed by atoms with Gasteiger partial charge in [-0.15, -0.1) is 0 Å². The third kappa shape index (κ3) is 4.85. The molecule has 0 atom stereocenters. The fourth-order valence-corrected chi connectivity index (χ4v) is 3.55. The Bertz CT molecular complexity index is 300. The normalized spacial score (nSPS) is 24.4. The van der Waals surface area contributed by atoms with Crippen LogP contribution in [-0.4, -0.2) is 55.4 Å². The van der Waals surface area contributed by atoms with Crippen molar-refractivity contribution in [1.82, 2.24) is 9.80 Å². The number of nitrogens with zero attached hydrogens (tertiary/aromatic N) is 2. The fourth-order valence-electron chi connectivity index (χ4n) is 3.55. The number of ketones is 1. The highest BCUT2D eigenvalue weighted by Crippen LogP contribution is 2.29. The summed E-state index contributed by atoms with van der Waals surface area (Å²) in [5.74, 6) is 2.46. The third-order valence-corrected chi connectivity index (χ3v) is 5.24. The zero-order chi connectivity index (χ0) is 14.5. The molecule has 2 aliphatic heterocycles. The molecule has 0 aliphatic carbocycles. The van der Waals surface area contributed by atoms with Crippen molar-refractivity contribution in [3.63, 3.8) is 0 Å². The maximum atomic E-state index is 11.8. The number of piperidine rings is 2. The molecular weight excluding hydrogens is 248 g/mol. The summed E-state index contributed by atoms with van der Waals surface area (Å²) in [4.78, 5) is 16.6. The minimum Gasteiger partial charge on any atom is -0.306 e. The van der Waals surface area contributed by atoms with Crippen molar-refractivity contribution in [3.05, 3.63) is 0 Å². The van der Waals surface area contributed by atoms with Gasteiger partial charge in [0.15, 0.2) is 0 Å². The highest BCUT2D eigenvalue weighted by Gasteiger charge is 2.25. The second-order valence-electron chi connectivity index (χ2n) is 7.32. The van der Waals surface area contributed by atoms with E-state index >= 15 is 0 Å². The Morgan fingerprint density at radius 2 is 1.50 bits per heavy atom. The van der Waals surface area contributed by atoms with Gasteiger partial charge in [-0.3, -0.25) is 9.69 Å². The molecule has 0 spiro atoms. The van der Waals surface area contributed by atoms with Crippen LogP contribution in [0.5, 0.6) is 0 Å². The number of carbonyl (C=O) groups is 1. The molecule has 0 N–H and O–H groups in total. The molecule has 20 heavy (non-hydrogen) atoms. The number of rotatable bonds is 5. The van der Waals surface area contributed by atoms with E-state index in [-0.39, 0.29) is 5.92 Å². The molecule has 0 saturated carbocycles. The third-order valence-electron chi connectivity index (χ3n) is 5.24. The Hall–Kier alpha value is -0.410. The number of hydrogen-bond donors (Lipinski definition) is 0. The van der Waals surface area contributed by atoms with Crippen molar-refractivity contribution in [2.45, 2.75) is 46.0 Å². The highest BCUT2D eigenvalue weighted by molar-refractivity contribution is 5.82. The second-order valence-corrected chi connectivity index (χ2v) is 7.32. The summed E-state index contributed by atoms with van der Waals surface area (Å²) in [5, 5.41) is 0. The van der Waals surface area contributed by atoms with Crippen LogP contribution < -0.4 is 0 Å². The number of Topliss-reactive ketones (excluding diaryl/α,β-unsaturated/α-hetero) is 1. The monoisotopic (exact) mass is 280 g/mol. The lowest BCUT2D eigenvalue weighted by Gasteiger charge is -2.35. The smallest absolute Gasteiger partial charge is 0.149 e. The van der Waals surface area contributed by atoms with Crippen LogP contribution in [0.1, 0.15) is 46.0 Å². The number of hydrogen-bond acceptors (Lipinski definition) is 3. The lowest BCUT2D eigenvalue weighted by molar-refractivity contribution is -0.123. The molecule has 2 saturated heterocycles. The zero-order valence-corrected chi connectivity index (χ0v) is 13.6. The van der Waals surface area contributed by atoms with Crippen LogP contribution in [0, 0.1) is 17.8 Å². The van der Waals surface area contributed by atoms with E-state index in [4.69, 9.17) is 0 Å². The number of carbonyl (C=O) groups excluding carboxylic acids is 1. The van der Waals surface area contributed by atoms with E-state index in [0.29, 0.717) is 12.3 Å². The molecule has 3 heteroatoms. The van der Waals surface area contributed by atoms with E-state index in [9.17, 15) is 4.79 Å². The molecule has 0 aromatic rings. The lowest BCUT2D eigenvalue weighted by atomic mass is 9.83. The second kappa shape index (κ2) is 7.56. The molecule has 2 aliphatic rings. The van der Waals surface area contributed by atoms with E-state index < -0.39 is 0 Å². The Balaban J connectivity index is 1.65. The van der Waals surface area contributed by atoms with Crippen LogP contribution in [0.15, 0.2) is 0 Å². The summed E-state index contributed by atoms with van der Waals surface area (Å²) >= 11 is 0. The van der Waals surface area contributed by atoms with Gasteiger partial charge in [0, 0.05) is 5.92 Å². The Morgan fingerprint density at radius 1 is 1.00 bits per heavy atom. The zero-order valence-electron chi connectivity index (χ0n) is 13.6. The Kier molecular flexibility index (Phi) is 6.03. The molecule has 0 radical (unpaired) electrons. The van der Waals surface area contributed by atoms with E-state index in [1.165, 1.54) is 45.2 Å². The largest absolute Gasteiger partial charge is 0.306 e. The van der Waals surface area contributed by atoms with Gasteiger partial charge in [0.1, 0.15) is 5.78 Å². The molecule has 2 rings (SSSR count). The first-order chi connectivity index (χ1) is 9.54. The Labute approximate surface area is 124 Å². The van der Waals surface area contributed by atoms with Crippen LogP contribution in [-0.2, 0) is 4.79 Å². The maximum absolute atomic E-state index is 11.8. The van der Waals surface area contributed by atoms with E-state index in [1.54, 1.807) is 0 Å². The van der Waals surface area contributed by atoms with Crippen molar-refractivity contribution < 1.29 is 4.79 Å². The summed E-state index contributed by atoms with van der Waals surface area (Å²) in [6.45, 7) is 9.53. The van der Waals surface area contributed by atoms with Gasteiger partial charge in [-0.1, -0.05) is 13.8 Å². The molecular formula is C17H32N2O. The minimum atomic E-state index is 0.187. The first-order valence-electron chi connectivity index (χ1n) is 8.48. The van der Waals surface area contributed by atoms with Crippen molar-refractivity contribution in [3.8, 4) is 0 Å². The topological polar surface area (TPSA) is 23.6 Å². The summed E-state index contributed by atoms with van der Waals surface area (Å²) in [6, 6.07) is 0. The van der Waals surface area contributed by atoms with Gasteiger partial charge in [-0.25, -0.2) is 0 Å². The molecule has 0 aromatic heterocycles. The van der Waals surface area contributed by atoms with Crippen LogP contribution in [0.3, 0.4) is 0 Å². The van der Waals surface area contributed by atoms with Gasteiger partial charge in [-0.05, 0) is 77.2 Å². The van der Waals surface area contributed by atoms with Gasteiger partial charge in [0.05, 0.1) is 6.54 Å². The first kappa shape index (κ1) is 16.0. The minimum absolute atomic E-state index is 0.187. The standard InChI is InChI=1S/C17H32N2O/c1-14(2)17(20)13-19-10-6-16(7-11-19)12-15-4-8-18(3)9-5-15/h14-16H,4-13H2,1-3H3. The van der Waals surface area contributed by atoms with E-state index in [2.05, 4.69) is 16.8 Å². The summed E-state index contributed by atoms with van der Waals surface area (Å²) in [7, 11) is 2.24. The van der Waals surface area contributed by atoms with Crippen molar-refractivity contribution in [2.24, 2.45) is 17.8 Å². The predicted octanol–water partition coefficient (Wildman–Crippen LogP) is 2.66. The highest BCUT2D eigenvalue weighted by atomic mass is 16.1. The summed E-state index contributed by atoms with van der Waals surface area (Å²) in [5.41, 5.74) is 0. The molecule has 116 valence electrons. The van der Waals surface area contributed by atoms with E-state index in [0.717, 1.165) is 24.9 Å². The Morgan fingerprint density at radius 3 is 2.00 bits per heavy atom. The lowest BCUT2D eigenvalue weighted by Crippen LogP contribution is -2.39. The quantitative estimate of drug-likeness (QED) is 0.773. The van der Waals surface area contributed by atoms with Gasteiger partial charge in [-0.2, -0.15) is 0 Å². The van der Waals surface area contributed by atoms with Crippen molar-refractivity contribution in [1.29, 1.82) is 0 Å². The average molecular weight is 280 g/mol. The molecule has 2 fully saturated rings. The first-order valence-corrected chi connectivity index (χ1v) is 8.48. The van der Waals surface area contributed by atoms with Gasteiger partial charge in [0.25, 0.3) is 0 Å². The molecule has 0 unspecified atom stereocenters. The van der Waals surface area contributed by atoms with Gasteiger partial charge in [0.2, 0.25) is 0 Å².